The molecule has 0 radical (unpaired) electrons. The van der Waals surface area contributed by atoms with Gasteiger partial charge in [-0.2, -0.15) is 0 Å². The van der Waals surface area contributed by atoms with Crippen molar-refractivity contribution in [1.29, 1.82) is 0 Å². The standard InChI is InChI=1S/C9H5FO4/c10-5-2-1-3-6-9(5)14-8(12)4-7(11)13-6/h1-3H,4H2. The number of benzene rings is 1. The fraction of sp³-hybridized carbons (Fsp3) is 0.111. The zero-order chi connectivity index (χ0) is 10.1. The van der Waals surface area contributed by atoms with E-state index in [1.807, 2.05) is 0 Å². The van der Waals surface area contributed by atoms with Gasteiger partial charge in [-0.25, -0.2) is 4.39 Å². The van der Waals surface area contributed by atoms with Crippen LogP contribution in [0.1, 0.15) is 6.42 Å². The zero-order valence-corrected chi connectivity index (χ0v) is 6.95. The maximum absolute atomic E-state index is 13.1. The molecule has 1 aliphatic rings. The Kier molecular flexibility index (Phi) is 1.92. The van der Waals surface area contributed by atoms with Crippen molar-refractivity contribution < 1.29 is 23.5 Å². The Balaban J connectivity index is 2.51. The Morgan fingerprint density at radius 1 is 1.14 bits per heavy atom. The van der Waals surface area contributed by atoms with Gasteiger partial charge in [-0.15, -0.1) is 0 Å². The molecule has 1 aliphatic heterocycles. The van der Waals surface area contributed by atoms with Gasteiger partial charge >= 0.3 is 11.9 Å². The van der Waals surface area contributed by atoms with Crippen molar-refractivity contribution in [1.82, 2.24) is 0 Å². The molecule has 0 spiro atoms. The first-order valence-corrected chi connectivity index (χ1v) is 3.86. The van der Waals surface area contributed by atoms with Crippen LogP contribution in [0.3, 0.4) is 0 Å². The Bertz CT molecular complexity index is 413. The molecule has 1 aromatic rings. The summed E-state index contributed by atoms with van der Waals surface area (Å²) < 4.78 is 22.4. The minimum absolute atomic E-state index is 0.0687. The van der Waals surface area contributed by atoms with Gasteiger partial charge in [-0.05, 0) is 12.1 Å². The Labute approximate surface area is 78.2 Å². The third-order valence-electron chi connectivity index (χ3n) is 1.66. The Hall–Kier alpha value is -1.91. The summed E-state index contributed by atoms with van der Waals surface area (Å²) in [5.41, 5.74) is 0. The third kappa shape index (κ3) is 1.44. The highest BCUT2D eigenvalue weighted by Gasteiger charge is 2.24. The van der Waals surface area contributed by atoms with Crippen molar-refractivity contribution in [2.75, 3.05) is 0 Å². The summed E-state index contributed by atoms with van der Waals surface area (Å²) in [7, 11) is 0. The second-order valence-electron chi connectivity index (χ2n) is 2.69. The SMILES string of the molecule is O=C1CC(=O)Oc2c(F)cccc2O1. The minimum Gasteiger partial charge on any atom is -0.422 e. The smallest absolute Gasteiger partial charge is 0.322 e. The molecule has 0 aromatic heterocycles. The van der Waals surface area contributed by atoms with E-state index < -0.39 is 24.2 Å². The zero-order valence-electron chi connectivity index (χ0n) is 6.95. The number of fused-ring (bicyclic) bond motifs is 1. The second kappa shape index (κ2) is 3.10. The fourth-order valence-electron chi connectivity index (χ4n) is 1.09. The first-order valence-electron chi connectivity index (χ1n) is 3.86. The van der Waals surface area contributed by atoms with Crippen molar-refractivity contribution in [3.05, 3.63) is 24.0 Å². The molecule has 14 heavy (non-hydrogen) atoms. The van der Waals surface area contributed by atoms with Crippen LogP contribution in [0.4, 0.5) is 4.39 Å². The van der Waals surface area contributed by atoms with Gasteiger partial charge in [-0.3, -0.25) is 9.59 Å². The number of hydrogen-bond donors (Lipinski definition) is 0. The lowest BCUT2D eigenvalue weighted by molar-refractivity contribution is -0.142. The fourth-order valence-corrected chi connectivity index (χ4v) is 1.09. The first kappa shape index (κ1) is 8.68. The molecule has 0 saturated carbocycles. The first-order chi connectivity index (χ1) is 6.66. The Morgan fingerprint density at radius 2 is 1.86 bits per heavy atom. The van der Waals surface area contributed by atoms with Crippen LogP contribution in [-0.2, 0) is 9.59 Å². The average Bonchev–Trinajstić information content (AvgIpc) is 2.23. The van der Waals surface area contributed by atoms with Gasteiger partial charge in [0.25, 0.3) is 0 Å². The molecular formula is C9H5FO4. The second-order valence-corrected chi connectivity index (χ2v) is 2.69. The monoisotopic (exact) mass is 196 g/mol. The van der Waals surface area contributed by atoms with Crippen LogP contribution in [0.15, 0.2) is 18.2 Å². The number of rotatable bonds is 0. The van der Waals surface area contributed by atoms with Crippen LogP contribution in [0, 0.1) is 5.82 Å². The van der Waals surface area contributed by atoms with Gasteiger partial charge in [0.05, 0.1) is 0 Å². The third-order valence-corrected chi connectivity index (χ3v) is 1.66. The van der Waals surface area contributed by atoms with E-state index >= 15 is 0 Å². The molecule has 0 N–H and O–H groups in total. The number of para-hydroxylation sites is 1. The number of hydrogen-bond acceptors (Lipinski definition) is 4. The minimum atomic E-state index is -0.821. The van der Waals surface area contributed by atoms with Gasteiger partial charge in [0, 0.05) is 0 Å². The topological polar surface area (TPSA) is 52.6 Å². The van der Waals surface area contributed by atoms with E-state index in [9.17, 15) is 14.0 Å². The highest BCUT2D eigenvalue weighted by atomic mass is 19.1. The maximum Gasteiger partial charge on any atom is 0.322 e. The van der Waals surface area contributed by atoms with E-state index in [4.69, 9.17) is 0 Å². The molecule has 0 amide bonds. The molecule has 72 valence electrons. The molecule has 1 heterocycles. The van der Waals surface area contributed by atoms with E-state index in [0.717, 1.165) is 6.07 Å². The van der Waals surface area contributed by atoms with Gasteiger partial charge < -0.3 is 9.47 Å². The molecule has 5 heteroatoms. The lowest BCUT2D eigenvalue weighted by Crippen LogP contribution is -2.13. The van der Waals surface area contributed by atoms with Crippen molar-refractivity contribution in [3.63, 3.8) is 0 Å². The van der Waals surface area contributed by atoms with Gasteiger partial charge in [-0.1, -0.05) is 6.07 Å². The quantitative estimate of drug-likeness (QED) is 0.353. The van der Waals surface area contributed by atoms with E-state index in [2.05, 4.69) is 9.47 Å². The van der Waals surface area contributed by atoms with Crippen LogP contribution < -0.4 is 9.47 Å². The molecule has 0 atom stereocenters. The van der Waals surface area contributed by atoms with E-state index in [-0.39, 0.29) is 11.5 Å². The number of halogens is 1. The summed E-state index contributed by atoms with van der Waals surface area (Å²) in [6.07, 6.45) is -0.506. The number of carbonyl (C=O) groups is 2. The normalized spacial score (nSPS) is 15.2. The lowest BCUT2D eigenvalue weighted by Gasteiger charge is -2.04. The molecule has 4 nitrogen and oxygen atoms in total. The van der Waals surface area contributed by atoms with Gasteiger partial charge in [0.15, 0.2) is 11.6 Å². The predicted octanol–water partition coefficient (Wildman–Crippen LogP) is 1.04. The van der Waals surface area contributed by atoms with Crippen LogP contribution in [0.25, 0.3) is 0 Å². The van der Waals surface area contributed by atoms with Crippen LogP contribution in [0.5, 0.6) is 11.5 Å². The average molecular weight is 196 g/mol. The van der Waals surface area contributed by atoms with Crippen molar-refractivity contribution in [2.24, 2.45) is 0 Å². The lowest BCUT2D eigenvalue weighted by atomic mass is 10.3. The van der Waals surface area contributed by atoms with Crippen molar-refractivity contribution in [2.45, 2.75) is 6.42 Å². The van der Waals surface area contributed by atoms with Gasteiger partial charge in [0.1, 0.15) is 6.42 Å². The molecule has 0 aliphatic carbocycles. The predicted molar refractivity (Wildman–Crippen MR) is 42.3 cm³/mol. The molecule has 0 unspecified atom stereocenters. The maximum atomic E-state index is 13.1. The van der Waals surface area contributed by atoms with E-state index in [1.165, 1.54) is 12.1 Å². The van der Waals surface area contributed by atoms with Crippen LogP contribution >= 0.6 is 0 Å². The highest BCUT2D eigenvalue weighted by Crippen LogP contribution is 2.32. The van der Waals surface area contributed by atoms with Crippen molar-refractivity contribution in [3.8, 4) is 11.5 Å². The number of esters is 2. The summed E-state index contributed by atoms with van der Waals surface area (Å²) in [4.78, 5) is 21.8. The largest absolute Gasteiger partial charge is 0.422 e. The van der Waals surface area contributed by atoms with Crippen LogP contribution in [0.2, 0.25) is 0 Å². The molecule has 0 saturated heterocycles. The summed E-state index contributed by atoms with van der Waals surface area (Å²) in [6.45, 7) is 0. The highest BCUT2D eigenvalue weighted by molar-refractivity contribution is 5.95. The van der Waals surface area contributed by atoms with E-state index in [1.54, 1.807) is 0 Å². The molecule has 1 aromatic carbocycles. The summed E-state index contributed by atoms with van der Waals surface area (Å²) in [5.74, 6) is -2.70. The molecule has 2 rings (SSSR count). The number of ether oxygens (including phenoxy) is 2. The van der Waals surface area contributed by atoms with Gasteiger partial charge in [0.2, 0.25) is 5.75 Å². The summed E-state index contributed by atoms with van der Waals surface area (Å²) in [5, 5.41) is 0. The molecular weight excluding hydrogens is 191 g/mol. The van der Waals surface area contributed by atoms with E-state index in [0.29, 0.717) is 0 Å². The Morgan fingerprint density at radius 3 is 2.64 bits per heavy atom. The van der Waals surface area contributed by atoms with Crippen molar-refractivity contribution >= 4 is 11.9 Å². The molecule has 0 fully saturated rings. The number of carbonyl (C=O) groups excluding carboxylic acids is 2. The summed E-state index contributed by atoms with van der Waals surface area (Å²) in [6, 6.07) is 3.83. The summed E-state index contributed by atoms with van der Waals surface area (Å²) >= 11 is 0. The van der Waals surface area contributed by atoms with Crippen LogP contribution in [-0.4, -0.2) is 11.9 Å². The molecule has 0 bridgehead atoms.